The Morgan fingerprint density at radius 2 is 1.84 bits per heavy atom. The molecule has 3 nitrogen and oxygen atoms in total. The number of carbonyl (C=O) groups is 1. The summed E-state index contributed by atoms with van der Waals surface area (Å²) >= 11 is 6.11. The number of hydrogen-bond acceptors (Lipinski definition) is 2. The summed E-state index contributed by atoms with van der Waals surface area (Å²) in [5.74, 6) is 0.732. The first-order chi connectivity index (χ1) is 12.0. The van der Waals surface area contributed by atoms with Gasteiger partial charge in [0, 0.05) is 22.8 Å². The zero-order valence-corrected chi connectivity index (χ0v) is 15.6. The van der Waals surface area contributed by atoms with E-state index in [1.54, 1.807) is 6.07 Å². The van der Waals surface area contributed by atoms with Crippen molar-refractivity contribution in [1.29, 1.82) is 0 Å². The highest BCUT2D eigenvalue weighted by atomic mass is 35.5. The third-order valence-electron chi connectivity index (χ3n) is 4.93. The second-order valence-corrected chi connectivity index (χ2v) is 7.48. The Bertz CT molecular complexity index is 734. The zero-order chi connectivity index (χ0) is 17.8. The van der Waals surface area contributed by atoms with Crippen molar-refractivity contribution in [2.24, 2.45) is 5.92 Å². The Hall–Kier alpha value is -1.84. The molecule has 0 spiro atoms. The first kappa shape index (κ1) is 18.0. The average Bonchev–Trinajstić information content (AvgIpc) is 2.61. The fraction of sp³-hybridized carbons (Fsp3) is 0.381. The van der Waals surface area contributed by atoms with Gasteiger partial charge in [0.05, 0.1) is 0 Å². The summed E-state index contributed by atoms with van der Waals surface area (Å²) in [5, 5.41) is 3.55. The lowest BCUT2D eigenvalue weighted by atomic mass is 9.99. The Balaban J connectivity index is 1.59. The first-order valence-corrected chi connectivity index (χ1v) is 9.28. The monoisotopic (exact) mass is 356 g/mol. The smallest absolute Gasteiger partial charge is 0.255 e. The zero-order valence-electron chi connectivity index (χ0n) is 14.9. The van der Waals surface area contributed by atoms with E-state index in [1.807, 2.05) is 31.2 Å². The van der Waals surface area contributed by atoms with Gasteiger partial charge in [-0.1, -0.05) is 36.7 Å². The molecule has 132 valence electrons. The molecule has 4 heteroatoms. The number of hydrogen-bond donors (Lipinski definition) is 1. The fourth-order valence-corrected chi connectivity index (χ4v) is 3.29. The van der Waals surface area contributed by atoms with Crippen molar-refractivity contribution >= 4 is 23.2 Å². The van der Waals surface area contributed by atoms with E-state index in [0.717, 1.165) is 31.1 Å². The molecule has 1 heterocycles. The van der Waals surface area contributed by atoms with E-state index in [0.29, 0.717) is 16.3 Å². The first-order valence-electron chi connectivity index (χ1n) is 8.90. The third-order valence-corrected chi connectivity index (χ3v) is 5.34. The standard InChI is InChI=1S/C21H25ClN2O/c1-15-9-11-24(12-10-15)14-17-4-6-18(7-5-17)21(25)23-19-8-3-16(2)20(22)13-19/h3-8,13,15H,9-12,14H2,1-2H3,(H,23,25). The van der Waals surface area contributed by atoms with Crippen LogP contribution in [0.5, 0.6) is 0 Å². The molecule has 2 aromatic rings. The second-order valence-electron chi connectivity index (χ2n) is 7.07. The SMILES string of the molecule is Cc1ccc(NC(=O)c2ccc(CN3CCC(C)CC3)cc2)cc1Cl. The number of aryl methyl sites for hydroxylation is 1. The summed E-state index contributed by atoms with van der Waals surface area (Å²) in [6.07, 6.45) is 2.55. The van der Waals surface area contributed by atoms with Gasteiger partial charge >= 0.3 is 0 Å². The molecule has 1 N–H and O–H groups in total. The predicted octanol–water partition coefficient (Wildman–Crippen LogP) is 5.13. The number of likely N-dealkylation sites (tertiary alicyclic amines) is 1. The number of halogens is 1. The molecule has 1 amide bonds. The van der Waals surface area contributed by atoms with Crippen LogP contribution in [0.15, 0.2) is 42.5 Å². The number of carbonyl (C=O) groups excluding carboxylic acids is 1. The summed E-state index contributed by atoms with van der Waals surface area (Å²) in [6, 6.07) is 13.4. The summed E-state index contributed by atoms with van der Waals surface area (Å²) in [5.41, 5.74) is 3.63. The topological polar surface area (TPSA) is 32.3 Å². The van der Waals surface area contributed by atoms with Gasteiger partial charge in [-0.05, 0) is 74.2 Å². The van der Waals surface area contributed by atoms with Crippen LogP contribution in [0.3, 0.4) is 0 Å². The minimum absolute atomic E-state index is 0.113. The van der Waals surface area contributed by atoms with Crippen LogP contribution < -0.4 is 5.32 Å². The summed E-state index contributed by atoms with van der Waals surface area (Å²) < 4.78 is 0. The molecule has 2 aromatic carbocycles. The molecule has 25 heavy (non-hydrogen) atoms. The van der Waals surface area contributed by atoms with Crippen molar-refractivity contribution < 1.29 is 4.79 Å². The highest BCUT2D eigenvalue weighted by Gasteiger charge is 2.15. The van der Waals surface area contributed by atoms with Gasteiger partial charge in [0.1, 0.15) is 0 Å². The maximum atomic E-state index is 12.4. The van der Waals surface area contributed by atoms with E-state index < -0.39 is 0 Å². The van der Waals surface area contributed by atoms with Crippen molar-refractivity contribution in [3.63, 3.8) is 0 Å². The van der Waals surface area contributed by atoms with Gasteiger partial charge in [-0.2, -0.15) is 0 Å². The molecule has 0 radical (unpaired) electrons. The molecule has 0 bridgehead atoms. The van der Waals surface area contributed by atoms with Crippen LogP contribution >= 0.6 is 11.6 Å². The lowest BCUT2D eigenvalue weighted by Crippen LogP contribution is -2.32. The lowest BCUT2D eigenvalue weighted by molar-refractivity contribution is 0.102. The van der Waals surface area contributed by atoms with Crippen LogP contribution in [-0.4, -0.2) is 23.9 Å². The number of nitrogens with zero attached hydrogens (tertiary/aromatic N) is 1. The summed E-state index contributed by atoms with van der Waals surface area (Å²) in [7, 11) is 0. The maximum absolute atomic E-state index is 12.4. The van der Waals surface area contributed by atoms with E-state index in [-0.39, 0.29) is 5.91 Å². The predicted molar refractivity (Wildman–Crippen MR) is 104 cm³/mol. The van der Waals surface area contributed by atoms with E-state index in [9.17, 15) is 4.79 Å². The molecule has 0 atom stereocenters. The molecule has 1 saturated heterocycles. The van der Waals surface area contributed by atoms with Gasteiger partial charge in [-0.15, -0.1) is 0 Å². The molecule has 0 aliphatic carbocycles. The van der Waals surface area contributed by atoms with Crippen LogP contribution in [0.4, 0.5) is 5.69 Å². The van der Waals surface area contributed by atoms with Gasteiger partial charge in [0.2, 0.25) is 0 Å². The summed E-state index contributed by atoms with van der Waals surface area (Å²) in [4.78, 5) is 14.9. The number of rotatable bonds is 4. The number of amides is 1. The van der Waals surface area contributed by atoms with E-state index in [1.165, 1.54) is 18.4 Å². The molecule has 0 unspecified atom stereocenters. The van der Waals surface area contributed by atoms with Crippen LogP contribution in [-0.2, 0) is 6.54 Å². The minimum Gasteiger partial charge on any atom is -0.322 e. The number of piperidine rings is 1. The highest BCUT2D eigenvalue weighted by Crippen LogP contribution is 2.21. The Kier molecular flexibility index (Phi) is 5.77. The van der Waals surface area contributed by atoms with Crippen molar-refractivity contribution in [1.82, 2.24) is 4.90 Å². The molecule has 0 aromatic heterocycles. The molecule has 1 aliphatic heterocycles. The van der Waals surface area contributed by atoms with E-state index in [4.69, 9.17) is 11.6 Å². The maximum Gasteiger partial charge on any atom is 0.255 e. The molecular formula is C21H25ClN2O. The van der Waals surface area contributed by atoms with E-state index >= 15 is 0 Å². The molecular weight excluding hydrogens is 332 g/mol. The number of nitrogens with one attached hydrogen (secondary N) is 1. The Morgan fingerprint density at radius 3 is 2.48 bits per heavy atom. The Morgan fingerprint density at radius 1 is 1.16 bits per heavy atom. The lowest BCUT2D eigenvalue weighted by Gasteiger charge is -2.30. The quantitative estimate of drug-likeness (QED) is 0.823. The third kappa shape index (κ3) is 4.83. The van der Waals surface area contributed by atoms with Crippen molar-refractivity contribution in [2.45, 2.75) is 33.2 Å². The Labute approximate surface area is 155 Å². The largest absolute Gasteiger partial charge is 0.322 e. The number of benzene rings is 2. The summed E-state index contributed by atoms with van der Waals surface area (Å²) in [6.45, 7) is 7.55. The molecule has 1 fully saturated rings. The highest BCUT2D eigenvalue weighted by molar-refractivity contribution is 6.31. The van der Waals surface area contributed by atoms with Gasteiger partial charge in [0.15, 0.2) is 0 Å². The van der Waals surface area contributed by atoms with Crippen molar-refractivity contribution in [3.8, 4) is 0 Å². The van der Waals surface area contributed by atoms with Gasteiger partial charge in [-0.25, -0.2) is 0 Å². The van der Waals surface area contributed by atoms with Crippen molar-refractivity contribution in [3.05, 3.63) is 64.2 Å². The normalized spacial score (nSPS) is 16.0. The molecule has 0 saturated carbocycles. The number of anilines is 1. The van der Waals surface area contributed by atoms with Crippen LogP contribution in [0.1, 0.15) is 41.3 Å². The minimum atomic E-state index is -0.113. The average molecular weight is 357 g/mol. The second kappa shape index (κ2) is 8.03. The van der Waals surface area contributed by atoms with Crippen LogP contribution in [0.2, 0.25) is 5.02 Å². The molecule has 1 aliphatic rings. The van der Waals surface area contributed by atoms with Crippen LogP contribution in [0.25, 0.3) is 0 Å². The van der Waals surface area contributed by atoms with Crippen molar-refractivity contribution in [2.75, 3.05) is 18.4 Å². The van der Waals surface area contributed by atoms with Crippen LogP contribution in [0, 0.1) is 12.8 Å². The van der Waals surface area contributed by atoms with Gasteiger partial charge < -0.3 is 5.32 Å². The molecule has 3 rings (SSSR count). The fourth-order valence-electron chi connectivity index (χ4n) is 3.11. The van der Waals surface area contributed by atoms with Gasteiger partial charge in [0.25, 0.3) is 5.91 Å². The van der Waals surface area contributed by atoms with E-state index in [2.05, 4.69) is 29.3 Å². The van der Waals surface area contributed by atoms with Gasteiger partial charge in [-0.3, -0.25) is 9.69 Å².